The van der Waals surface area contributed by atoms with Crippen LogP contribution in [0.15, 0.2) is 36.5 Å². The molecule has 0 radical (unpaired) electrons. The van der Waals surface area contributed by atoms with Crippen LogP contribution in [-0.2, 0) is 46.6 Å². The quantitative estimate of drug-likeness (QED) is 0.0157. The summed E-state index contributed by atoms with van der Waals surface area (Å²) in [6.07, 6.45) is 10.6. The molecule has 0 amide bonds. The van der Waals surface area contributed by atoms with Crippen LogP contribution in [0.2, 0.25) is 0 Å². The molecule has 72 heavy (non-hydrogen) atoms. The van der Waals surface area contributed by atoms with Gasteiger partial charge < -0.3 is 54.8 Å². The topological polar surface area (TPSA) is 314 Å². The average Bonchev–Trinajstić information content (AvgIpc) is 3.32. The van der Waals surface area contributed by atoms with Gasteiger partial charge in [-0.2, -0.15) is 0 Å². The van der Waals surface area contributed by atoms with Gasteiger partial charge in [0, 0.05) is 31.1 Å². The number of unbranched alkanes of at least 4 members (excludes halogenated alkanes) is 14. The number of hydrogen-bond donors (Lipinski definition) is 9. The Labute approximate surface area is 427 Å². The molecule has 1 aliphatic carbocycles. The molecule has 0 spiro atoms. The maximum Gasteiger partial charge on any atom is 0.472 e. The van der Waals surface area contributed by atoms with Crippen molar-refractivity contribution >= 4 is 33.4 Å². The predicted octanol–water partition coefficient (Wildman–Crippen LogP) is 7.66. The van der Waals surface area contributed by atoms with Gasteiger partial charge in [-0.15, -0.1) is 0 Å². The molecule has 1 aliphatic heterocycles. The van der Waals surface area contributed by atoms with Crippen LogP contribution in [0.3, 0.4) is 0 Å². The molecule has 0 aromatic rings. The number of aliphatic hydroxyl groups is 6. The summed E-state index contributed by atoms with van der Waals surface area (Å²) in [6, 6.07) is 0. The van der Waals surface area contributed by atoms with E-state index in [-0.39, 0.29) is 32.1 Å². The summed E-state index contributed by atoms with van der Waals surface area (Å²) < 4.78 is 52.2. The summed E-state index contributed by atoms with van der Waals surface area (Å²) in [4.78, 5) is 70.6. The van der Waals surface area contributed by atoms with Crippen LogP contribution in [-0.4, -0.2) is 131 Å². The second-order valence-corrected chi connectivity index (χ2v) is 22.0. The van der Waals surface area contributed by atoms with Crippen LogP contribution in [0.25, 0.3) is 0 Å². The monoisotopic (exact) mass is 1070 g/mol. The molecular weight excluding hydrogens is 978 g/mol. The number of esters is 2. The first-order valence-corrected chi connectivity index (χ1v) is 29.7. The smallest absolute Gasteiger partial charge is 0.462 e. The maximum absolute atomic E-state index is 13.8. The van der Waals surface area contributed by atoms with E-state index in [9.17, 15) is 68.8 Å². The standard InChI is InChI=1S/C51H90O19P2/c1-3-5-7-8-9-10-11-12-13-14-15-16-17-18-19-20-21-22-27-31-44(55)66-36-39-37-67-72(64,65)70-51-49(60)48(59)46(57)40(30-26-23-24-28-32-45(56)68-39)42(53)35-43(54)41(34-33-38(52)29-25-6-4-2)47(58)50(51)69-71(61,62)63/h9-10,12-13,33-34,38-41,43,46-52,54,57-60H,3-8,11,14-32,35-37H2,1-2H3,(H,64,65)(H2,61,62,63)/b10-9-,13-12-,34-33?/t38-,39+,40-,41-,43+,46+,47+,48-,49+,50+,51-/m0/s1. The third-order valence-electron chi connectivity index (χ3n) is 13.1. The number of Topliss-reactive ketones (excluding diaryl/α,β-unsaturated/α-hetero) is 1. The summed E-state index contributed by atoms with van der Waals surface area (Å²) in [5, 5.41) is 68.2. The molecule has 0 aromatic heterocycles. The summed E-state index contributed by atoms with van der Waals surface area (Å²) >= 11 is 0. The van der Waals surface area contributed by atoms with Crippen molar-refractivity contribution in [1.82, 2.24) is 0 Å². The molecular formula is C51H90O19P2. The molecule has 1 saturated carbocycles. The van der Waals surface area contributed by atoms with Crippen LogP contribution in [0.5, 0.6) is 0 Å². The number of cyclic esters (lactones) is 1. The highest BCUT2D eigenvalue weighted by molar-refractivity contribution is 7.47. The Balaban J connectivity index is 2.16. The molecule has 21 heteroatoms. The molecule has 12 atom stereocenters. The van der Waals surface area contributed by atoms with Crippen molar-refractivity contribution in [2.75, 3.05) is 13.2 Å². The lowest BCUT2D eigenvalue weighted by Gasteiger charge is -2.38. The molecule has 0 aromatic carbocycles. The van der Waals surface area contributed by atoms with E-state index in [1.54, 1.807) is 0 Å². The van der Waals surface area contributed by atoms with E-state index in [0.29, 0.717) is 32.1 Å². The predicted molar refractivity (Wildman–Crippen MR) is 270 cm³/mol. The first-order chi connectivity index (χ1) is 34.3. The number of carbonyl (C=O) groups is 3. The van der Waals surface area contributed by atoms with Crippen LogP contribution in [0.1, 0.15) is 187 Å². The molecule has 2 bridgehead atoms. The highest BCUT2D eigenvalue weighted by Gasteiger charge is 2.51. The summed E-state index contributed by atoms with van der Waals surface area (Å²) in [7, 11) is -11.5. The number of hydrogen-bond acceptors (Lipinski definition) is 16. The highest BCUT2D eigenvalue weighted by Crippen LogP contribution is 2.49. The van der Waals surface area contributed by atoms with Crippen LogP contribution in [0.4, 0.5) is 0 Å². The van der Waals surface area contributed by atoms with E-state index in [1.165, 1.54) is 44.6 Å². The Morgan fingerprint density at radius 3 is 2.01 bits per heavy atom. The number of phosphoric ester groups is 2. The van der Waals surface area contributed by atoms with E-state index in [2.05, 4.69) is 31.2 Å². The van der Waals surface area contributed by atoms with Crippen molar-refractivity contribution in [3.05, 3.63) is 36.5 Å². The fourth-order valence-electron chi connectivity index (χ4n) is 8.84. The number of ketones is 1. The molecule has 2 fully saturated rings. The summed E-state index contributed by atoms with van der Waals surface area (Å²) in [5.74, 6) is -5.46. The van der Waals surface area contributed by atoms with Crippen molar-refractivity contribution in [1.29, 1.82) is 0 Å². The first kappa shape index (κ1) is 65.9. The fourth-order valence-corrected chi connectivity index (χ4v) is 10.4. The normalized spacial score (nSPS) is 29.6. The molecule has 2 rings (SSSR count). The zero-order valence-corrected chi connectivity index (χ0v) is 44.6. The zero-order valence-electron chi connectivity index (χ0n) is 42.8. The van der Waals surface area contributed by atoms with Gasteiger partial charge in [0.15, 0.2) is 6.10 Å². The lowest BCUT2D eigenvalue weighted by Crippen LogP contribution is -2.56. The maximum atomic E-state index is 13.8. The van der Waals surface area contributed by atoms with Gasteiger partial charge in [-0.3, -0.25) is 28.0 Å². The van der Waals surface area contributed by atoms with Gasteiger partial charge in [-0.1, -0.05) is 147 Å². The lowest BCUT2D eigenvalue weighted by atomic mass is 9.83. The Kier molecular flexibility index (Phi) is 34.4. The first-order valence-electron chi connectivity index (χ1n) is 26.6. The number of ether oxygens (including phenoxy) is 2. The van der Waals surface area contributed by atoms with Crippen molar-refractivity contribution in [3.63, 3.8) is 0 Å². The number of aliphatic hydroxyl groups excluding tert-OH is 6. The number of carbonyl (C=O) groups excluding carboxylic acids is 3. The number of fused-ring (bicyclic) bond motifs is 4. The zero-order chi connectivity index (χ0) is 53.4. The van der Waals surface area contributed by atoms with E-state index in [0.717, 1.165) is 70.3 Å². The van der Waals surface area contributed by atoms with Gasteiger partial charge in [0.25, 0.3) is 0 Å². The van der Waals surface area contributed by atoms with E-state index >= 15 is 0 Å². The van der Waals surface area contributed by atoms with Crippen molar-refractivity contribution in [2.24, 2.45) is 11.8 Å². The van der Waals surface area contributed by atoms with Crippen molar-refractivity contribution in [2.45, 2.75) is 242 Å². The molecule has 19 nitrogen and oxygen atoms in total. The van der Waals surface area contributed by atoms with Gasteiger partial charge in [0.2, 0.25) is 0 Å². The molecule has 1 unspecified atom stereocenters. The Morgan fingerprint density at radius 2 is 1.38 bits per heavy atom. The Bertz CT molecular complexity index is 1690. The summed E-state index contributed by atoms with van der Waals surface area (Å²) in [5.41, 5.74) is 0. The molecule has 418 valence electrons. The van der Waals surface area contributed by atoms with E-state index < -0.39 is 120 Å². The second kappa shape index (κ2) is 37.5. The number of rotatable bonds is 28. The highest BCUT2D eigenvalue weighted by atomic mass is 31.2. The average molecular weight is 1070 g/mol. The van der Waals surface area contributed by atoms with Gasteiger partial charge in [-0.05, 0) is 57.8 Å². The van der Waals surface area contributed by atoms with Gasteiger partial charge >= 0.3 is 27.6 Å². The lowest BCUT2D eigenvalue weighted by molar-refractivity contribution is -0.165. The summed E-state index contributed by atoms with van der Waals surface area (Å²) in [6.45, 7) is 2.57. The van der Waals surface area contributed by atoms with Gasteiger partial charge in [0.05, 0.1) is 31.0 Å². The Morgan fingerprint density at radius 1 is 0.778 bits per heavy atom. The third kappa shape index (κ3) is 28.6. The minimum absolute atomic E-state index is 0.0531. The minimum atomic E-state index is -5.78. The molecule has 1 saturated heterocycles. The van der Waals surface area contributed by atoms with Gasteiger partial charge in [0.1, 0.15) is 36.8 Å². The van der Waals surface area contributed by atoms with Crippen molar-refractivity contribution < 1.29 is 91.9 Å². The Hall–Kier alpha value is -2.19. The largest absolute Gasteiger partial charge is 0.472 e. The van der Waals surface area contributed by atoms with Crippen LogP contribution in [0, 0.1) is 11.8 Å². The van der Waals surface area contributed by atoms with E-state index in [1.807, 2.05) is 6.92 Å². The molecule has 2 aliphatic rings. The van der Waals surface area contributed by atoms with Crippen LogP contribution < -0.4 is 0 Å². The molecule has 9 N–H and O–H groups in total. The SMILES string of the molecule is CCCCC/C=C\C/C=C\CCCCCCCCCCCC(=O)OC[C@@H]1COP(=O)(O)O[C@H]2[C@H](O)[C@@H](O)[C@H](O)[C@@H](CCCCCCC(=O)O1)C(=O)C[C@@H](O)[C@H](C=C[C@@H](O)CCCCC)[C@@H](O)[C@H]2OP(=O)(O)O. The second-order valence-electron chi connectivity index (χ2n) is 19.4. The van der Waals surface area contributed by atoms with Crippen molar-refractivity contribution in [3.8, 4) is 0 Å². The minimum Gasteiger partial charge on any atom is -0.462 e. The fraction of sp³-hybridized carbons (Fsp3) is 0.824. The van der Waals surface area contributed by atoms with Crippen LogP contribution >= 0.6 is 15.6 Å². The third-order valence-corrected chi connectivity index (χ3v) is 14.6. The molecule has 1 heterocycles. The van der Waals surface area contributed by atoms with Gasteiger partial charge in [-0.25, -0.2) is 9.13 Å². The number of allylic oxidation sites excluding steroid dienone is 4. The number of phosphoric acid groups is 2. The van der Waals surface area contributed by atoms with E-state index in [4.69, 9.17) is 23.0 Å².